The van der Waals surface area contributed by atoms with Gasteiger partial charge in [-0.2, -0.15) is 5.26 Å². The van der Waals surface area contributed by atoms with Gasteiger partial charge in [0.25, 0.3) is 6.02 Å². The summed E-state index contributed by atoms with van der Waals surface area (Å²) in [7, 11) is 3.06. The number of furan rings is 1. The molecule has 5 rings (SSSR count). The molecule has 1 unspecified atom stereocenters. The van der Waals surface area contributed by atoms with Crippen LogP contribution in [0, 0.1) is 16.7 Å². The van der Waals surface area contributed by atoms with Gasteiger partial charge >= 0.3 is 0 Å². The second-order valence-corrected chi connectivity index (χ2v) is 12.3. The Morgan fingerprint density at radius 2 is 1.78 bits per heavy atom. The quantitative estimate of drug-likeness (QED) is 0.144. The summed E-state index contributed by atoms with van der Waals surface area (Å²) < 4.78 is 22.6. The van der Waals surface area contributed by atoms with Crippen molar-refractivity contribution in [3.8, 4) is 28.7 Å². The molecule has 1 aliphatic heterocycles. The van der Waals surface area contributed by atoms with Crippen LogP contribution in [0.5, 0.6) is 11.5 Å². The number of hydrogen-bond acceptors (Lipinski definition) is 10. The van der Waals surface area contributed by atoms with Crippen LogP contribution in [0.3, 0.4) is 0 Å². The number of nitrogens with zero attached hydrogens (tertiary/aromatic N) is 4. The van der Waals surface area contributed by atoms with Gasteiger partial charge in [0.05, 0.1) is 53.0 Å². The summed E-state index contributed by atoms with van der Waals surface area (Å²) in [6.45, 7) is 7.85. The number of amidine groups is 1. The Kier molecular flexibility index (Phi) is 9.32. The molecule has 0 spiro atoms. The summed E-state index contributed by atoms with van der Waals surface area (Å²) >= 11 is 12.7. The van der Waals surface area contributed by atoms with E-state index in [1.54, 1.807) is 37.6 Å². The average Bonchev–Trinajstić information content (AvgIpc) is 3.51. The van der Waals surface area contributed by atoms with Crippen molar-refractivity contribution >= 4 is 51.5 Å². The molecule has 0 radical (unpaired) electrons. The van der Waals surface area contributed by atoms with E-state index < -0.39 is 11.8 Å². The van der Waals surface area contributed by atoms with Crippen molar-refractivity contribution in [2.75, 3.05) is 45.7 Å². The Bertz CT molecular complexity index is 1770. The molecule has 3 N–H and O–H groups in total. The first-order valence-corrected chi connectivity index (χ1v) is 14.9. The monoisotopic (exact) mass is 652 g/mol. The highest BCUT2D eigenvalue weighted by Crippen LogP contribution is 2.41. The van der Waals surface area contributed by atoms with Gasteiger partial charge in [-0.05, 0) is 45.0 Å². The largest absolute Gasteiger partial charge is 0.496 e. The van der Waals surface area contributed by atoms with E-state index in [4.69, 9.17) is 47.2 Å². The van der Waals surface area contributed by atoms with E-state index in [1.165, 1.54) is 13.3 Å². The van der Waals surface area contributed by atoms with E-state index in [9.17, 15) is 10.4 Å². The third kappa shape index (κ3) is 6.89. The molecular formula is C32H34Cl2N6O5. The summed E-state index contributed by atoms with van der Waals surface area (Å²) in [6, 6.07) is 10.9. The number of fused-ring (bicyclic) bond motifs is 1. The maximum absolute atomic E-state index is 11.1. The molecule has 236 valence electrons. The molecule has 1 saturated heterocycles. The predicted molar refractivity (Wildman–Crippen MR) is 174 cm³/mol. The summed E-state index contributed by atoms with van der Waals surface area (Å²) in [5, 5.41) is 33.9. The number of anilines is 2. The maximum Gasteiger partial charge on any atom is 0.285 e. The first-order valence-electron chi connectivity index (χ1n) is 14.2. The van der Waals surface area contributed by atoms with Crippen LogP contribution in [0.15, 0.2) is 47.2 Å². The Balaban J connectivity index is 1.41. The molecule has 11 nitrogen and oxygen atoms in total. The van der Waals surface area contributed by atoms with Gasteiger partial charge in [0.1, 0.15) is 28.9 Å². The minimum Gasteiger partial charge on any atom is -0.496 e. The Morgan fingerprint density at radius 1 is 1.07 bits per heavy atom. The number of hydrogen-bond donors (Lipinski definition) is 3. The second-order valence-electron chi connectivity index (χ2n) is 11.5. The van der Waals surface area contributed by atoms with Crippen molar-refractivity contribution in [2.24, 2.45) is 0 Å². The fraction of sp³-hybridized carbons (Fsp3) is 0.344. The van der Waals surface area contributed by atoms with Crippen molar-refractivity contribution in [3.05, 3.63) is 64.2 Å². The number of ether oxygens (including phenoxy) is 3. The van der Waals surface area contributed by atoms with Crippen molar-refractivity contribution in [2.45, 2.75) is 32.6 Å². The Hall–Kier alpha value is -4.21. The molecule has 2 aromatic carbocycles. The molecular weight excluding hydrogens is 619 g/mol. The highest BCUT2D eigenvalue weighted by molar-refractivity contribution is 6.37. The van der Waals surface area contributed by atoms with Crippen LogP contribution in [0.25, 0.3) is 22.0 Å². The molecule has 4 aromatic rings. The van der Waals surface area contributed by atoms with Crippen LogP contribution in [-0.2, 0) is 4.74 Å². The van der Waals surface area contributed by atoms with Crippen LogP contribution in [0.4, 0.5) is 11.4 Å². The molecule has 0 amide bonds. The minimum atomic E-state index is -0.974. The number of halogens is 2. The van der Waals surface area contributed by atoms with Crippen LogP contribution < -0.4 is 14.8 Å². The topological polar surface area (TPSA) is 140 Å². The van der Waals surface area contributed by atoms with Crippen LogP contribution in [0.1, 0.15) is 38.3 Å². The first kappa shape index (κ1) is 32.2. The first-order chi connectivity index (χ1) is 21.4. The lowest BCUT2D eigenvalue weighted by Gasteiger charge is -2.38. The van der Waals surface area contributed by atoms with E-state index >= 15 is 0 Å². The number of aromatic nitrogens is 1. The lowest BCUT2D eigenvalue weighted by Crippen LogP contribution is -2.51. The van der Waals surface area contributed by atoms with E-state index in [0.717, 1.165) is 0 Å². The number of aliphatic hydroxyl groups excluding tert-OH is 1. The number of benzene rings is 2. The number of pyridine rings is 1. The smallest absolute Gasteiger partial charge is 0.285 e. The number of rotatable bonds is 7. The van der Waals surface area contributed by atoms with Crippen LogP contribution >= 0.6 is 23.2 Å². The molecule has 45 heavy (non-hydrogen) atoms. The zero-order chi connectivity index (χ0) is 32.5. The summed E-state index contributed by atoms with van der Waals surface area (Å²) in [6.07, 6.45) is 2.07. The van der Waals surface area contributed by atoms with Gasteiger partial charge in [0.15, 0.2) is 6.23 Å². The SMILES string of the molecule is COc1cc(Nc2c(C#N)cnc3cc(-c4coc(C(O)N5CCN(C(=N)OC(C)(C)C)CC5)c4)c(OC)cc23)c(Cl)cc1Cl. The maximum atomic E-state index is 11.1. The number of piperazine rings is 1. The molecule has 1 atom stereocenters. The van der Waals surface area contributed by atoms with E-state index in [2.05, 4.69) is 16.4 Å². The molecule has 1 aliphatic rings. The molecule has 13 heteroatoms. The van der Waals surface area contributed by atoms with Crippen molar-refractivity contribution < 1.29 is 23.7 Å². The fourth-order valence-corrected chi connectivity index (χ4v) is 5.59. The average molecular weight is 654 g/mol. The van der Waals surface area contributed by atoms with Crippen LogP contribution in [-0.4, -0.2) is 71.9 Å². The normalized spacial score (nSPS) is 14.6. The molecule has 0 bridgehead atoms. The van der Waals surface area contributed by atoms with Gasteiger partial charge < -0.3 is 34.0 Å². The lowest BCUT2D eigenvalue weighted by molar-refractivity contribution is -0.0365. The third-order valence-corrected chi connectivity index (χ3v) is 7.95. The third-order valence-electron chi connectivity index (χ3n) is 7.35. The number of methoxy groups -OCH3 is 2. The van der Waals surface area contributed by atoms with Crippen LogP contribution in [0.2, 0.25) is 10.0 Å². The summed E-state index contributed by atoms with van der Waals surface area (Å²) in [5.74, 6) is 1.31. The number of aliphatic hydroxyl groups is 1. The van der Waals surface area contributed by atoms with Gasteiger partial charge in [-0.3, -0.25) is 15.3 Å². The standard InChI is InChI=1S/C32H34Cl2N6O5/c1-32(2,3)45-31(36)40-8-6-39(7-9-40)30(41)28-10-18(17-44-28)20-11-24-21(12-26(20)42-4)29(19(15-35)16-37-24)38-25-14-27(43-5)23(34)13-22(25)33/h10-14,16-17,30,36,41H,6-9H2,1-5H3,(H,37,38). The Morgan fingerprint density at radius 3 is 2.42 bits per heavy atom. The molecule has 2 aromatic heterocycles. The molecule has 0 saturated carbocycles. The van der Waals surface area contributed by atoms with Crippen molar-refractivity contribution in [1.29, 1.82) is 10.7 Å². The highest BCUT2D eigenvalue weighted by atomic mass is 35.5. The number of nitrogens with one attached hydrogen (secondary N) is 2. The minimum absolute atomic E-state index is 0.130. The lowest BCUT2D eigenvalue weighted by atomic mass is 10.0. The van der Waals surface area contributed by atoms with Gasteiger partial charge in [-0.1, -0.05) is 23.2 Å². The second kappa shape index (κ2) is 13.0. The van der Waals surface area contributed by atoms with E-state index in [-0.39, 0.29) is 6.02 Å². The van der Waals surface area contributed by atoms with Gasteiger partial charge in [-0.25, -0.2) is 0 Å². The molecule has 0 aliphatic carbocycles. The predicted octanol–water partition coefficient (Wildman–Crippen LogP) is 6.79. The van der Waals surface area contributed by atoms with Gasteiger partial charge in [0, 0.05) is 55.0 Å². The number of nitriles is 1. The zero-order valence-corrected chi connectivity index (χ0v) is 27.1. The summed E-state index contributed by atoms with van der Waals surface area (Å²) in [5.41, 5.74) is 2.80. The van der Waals surface area contributed by atoms with Gasteiger partial charge in [-0.15, -0.1) is 0 Å². The van der Waals surface area contributed by atoms with E-state index in [0.29, 0.717) is 92.5 Å². The zero-order valence-electron chi connectivity index (χ0n) is 25.6. The van der Waals surface area contributed by atoms with Crippen molar-refractivity contribution in [1.82, 2.24) is 14.8 Å². The fourth-order valence-electron chi connectivity index (χ4n) is 5.08. The van der Waals surface area contributed by atoms with Gasteiger partial charge in [0.2, 0.25) is 0 Å². The molecule has 1 fully saturated rings. The Labute approximate surface area is 271 Å². The summed E-state index contributed by atoms with van der Waals surface area (Å²) in [4.78, 5) is 8.27. The molecule has 3 heterocycles. The van der Waals surface area contributed by atoms with E-state index in [1.807, 2.05) is 36.6 Å². The highest BCUT2D eigenvalue weighted by Gasteiger charge is 2.29. The van der Waals surface area contributed by atoms with Crippen molar-refractivity contribution in [3.63, 3.8) is 0 Å².